The Kier molecular flexibility index (Phi) is 5.61. The van der Waals surface area contributed by atoms with Gasteiger partial charge in [-0.05, 0) is 31.5 Å². The first kappa shape index (κ1) is 19.4. The molecular weight excluding hydrogens is 382 g/mol. The highest BCUT2D eigenvalue weighted by molar-refractivity contribution is 7.18. The molecule has 0 fully saturated rings. The van der Waals surface area contributed by atoms with Gasteiger partial charge in [-0.2, -0.15) is 5.26 Å². The number of aryl methyl sites for hydroxylation is 1. The average Bonchev–Trinajstić information content (AvgIpc) is 3.15. The third kappa shape index (κ3) is 3.68. The quantitative estimate of drug-likeness (QED) is 0.637. The van der Waals surface area contributed by atoms with Crippen LogP contribution in [0.1, 0.15) is 34.1 Å². The van der Waals surface area contributed by atoms with E-state index in [2.05, 4.69) is 5.32 Å². The van der Waals surface area contributed by atoms with Crippen LogP contribution in [-0.2, 0) is 16.1 Å². The fourth-order valence-electron chi connectivity index (χ4n) is 2.76. The Morgan fingerprint density at radius 3 is 2.82 bits per heavy atom. The van der Waals surface area contributed by atoms with Gasteiger partial charge in [-0.3, -0.25) is 9.36 Å². The lowest BCUT2D eigenvalue weighted by Crippen LogP contribution is -2.19. The van der Waals surface area contributed by atoms with E-state index in [1.54, 1.807) is 38.1 Å². The van der Waals surface area contributed by atoms with Crippen molar-refractivity contribution >= 4 is 39.3 Å². The molecule has 144 valence electrons. The van der Waals surface area contributed by atoms with Crippen LogP contribution < -0.4 is 11.1 Å². The van der Waals surface area contributed by atoms with Gasteiger partial charge in [0.05, 0.1) is 17.7 Å². The van der Waals surface area contributed by atoms with Crippen LogP contribution in [0, 0.1) is 18.3 Å². The number of nitrogens with one attached hydrogen (secondary N) is 1. The highest BCUT2D eigenvalue weighted by Crippen LogP contribution is 2.33. The second kappa shape index (κ2) is 8.10. The molecule has 28 heavy (non-hydrogen) atoms. The number of esters is 1. The van der Waals surface area contributed by atoms with E-state index in [1.807, 2.05) is 6.07 Å². The zero-order valence-electron chi connectivity index (χ0n) is 15.3. The SMILES string of the molecule is CCOC(=O)c1sc(NC(=O)CCn2c(=O)oc3ccccc32)c(C#N)c1C. The standard InChI is InChI=1S/C19H17N3O5S/c1-3-26-18(24)16-11(2)12(10-20)17(28-16)21-15(23)8-9-22-13-6-4-5-7-14(13)27-19(22)25/h4-7H,3,8-9H2,1-2H3,(H,21,23). The lowest BCUT2D eigenvalue weighted by atomic mass is 10.2. The predicted molar refractivity (Wildman–Crippen MR) is 103 cm³/mol. The average molecular weight is 399 g/mol. The molecule has 3 rings (SSSR count). The van der Waals surface area contributed by atoms with E-state index in [1.165, 1.54) is 4.57 Å². The maximum absolute atomic E-state index is 12.4. The summed E-state index contributed by atoms with van der Waals surface area (Å²) in [5, 5.41) is 12.3. The molecule has 0 aliphatic carbocycles. The molecule has 0 bridgehead atoms. The lowest BCUT2D eigenvalue weighted by Gasteiger charge is -2.04. The number of rotatable bonds is 6. The summed E-state index contributed by atoms with van der Waals surface area (Å²) < 4.78 is 11.5. The number of fused-ring (bicyclic) bond motifs is 1. The topological polar surface area (TPSA) is 114 Å². The van der Waals surface area contributed by atoms with E-state index in [4.69, 9.17) is 9.15 Å². The molecule has 0 saturated heterocycles. The maximum Gasteiger partial charge on any atom is 0.419 e. The number of amides is 1. The van der Waals surface area contributed by atoms with Crippen molar-refractivity contribution in [2.24, 2.45) is 0 Å². The van der Waals surface area contributed by atoms with Gasteiger partial charge in [-0.25, -0.2) is 9.59 Å². The number of carbonyl (C=O) groups is 2. The summed E-state index contributed by atoms with van der Waals surface area (Å²) in [7, 11) is 0. The Balaban J connectivity index is 1.75. The Labute approximate surface area is 163 Å². The Bertz CT molecular complexity index is 1150. The van der Waals surface area contributed by atoms with Gasteiger partial charge in [-0.1, -0.05) is 12.1 Å². The predicted octanol–water partition coefficient (Wildman–Crippen LogP) is 3.04. The van der Waals surface area contributed by atoms with Crippen LogP contribution in [0.3, 0.4) is 0 Å². The molecule has 0 unspecified atom stereocenters. The largest absolute Gasteiger partial charge is 0.462 e. The number of nitriles is 1. The molecule has 1 amide bonds. The first-order chi connectivity index (χ1) is 13.5. The van der Waals surface area contributed by atoms with Crippen LogP contribution in [0.2, 0.25) is 0 Å². The monoisotopic (exact) mass is 399 g/mol. The number of carbonyl (C=O) groups excluding carboxylic acids is 2. The third-order valence-corrected chi connectivity index (χ3v) is 5.30. The number of benzene rings is 1. The smallest absolute Gasteiger partial charge is 0.419 e. The summed E-state index contributed by atoms with van der Waals surface area (Å²) in [5.74, 6) is -1.45. The van der Waals surface area contributed by atoms with Crippen LogP contribution in [0.5, 0.6) is 0 Å². The van der Waals surface area contributed by atoms with Crippen LogP contribution in [0.15, 0.2) is 33.5 Å². The van der Waals surface area contributed by atoms with Crippen molar-refractivity contribution < 1.29 is 18.7 Å². The Hall–Kier alpha value is -3.38. The summed E-state index contributed by atoms with van der Waals surface area (Å²) in [4.78, 5) is 36.6. The van der Waals surface area contributed by atoms with Crippen LogP contribution in [-0.4, -0.2) is 23.1 Å². The third-order valence-electron chi connectivity index (χ3n) is 4.11. The summed E-state index contributed by atoms with van der Waals surface area (Å²) in [6.07, 6.45) is -0.00000968. The number of oxazole rings is 1. The molecule has 1 N–H and O–H groups in total. The highest BCUT2D eigenvalue weighted by atomic mass is 32.1. The van der Waals surface area contributed by atoms with E-state index >= 15 is 0 Å². The molecule has 0 atom stereocenters. The van der Waals surface area contributed by atoms with Crippen molar-refractivity contribution in [3.05, 3.63) is 50.8 Å². The Morgan fingerprint density at radius 1 is 1.36 bits per heavy atom. The summed E-state index contributed by atoms with van der Waals surface area (Å²) >= 11 is 1.00. The number of nitrogens with zero attached hydrogens (tertiary/aromatic N) is 2. The van der Waals surface area contributed by atoms with E-state index < -0.39 is 11.7 Å². The molecule has 2 aromatic heterocycles. The number of aromatic nitrogens is 1. The van der Waals surface area contributed by atoms with Crippen molar-refractivity contribution in [2.75, 3.05) is 11.9 Å². The van der Waals surface area contributed by atoms with Gasteiger partial charge >= 0.3 is 11.7 Å². The second-order valence-electron chi connectivity index (χ2n) is 5.88. The first-order valence-corrected chi connectivity index (χ1v) is 9.36. The number of anilines is 1. The van der Waals surface area contributed by atoms with Crippen molar-refractivity contribution in [3.8, 4) is 6.07 Å². The molecule has 0 spiro atoms. The first-order valence-electron chi connectivity index (χ1n) is 8.55. The summed E-state index contributed by atoms with van der Waals surface area (Å²) in [5.41, 5.74) is 1.76. The van der Waals surface area contributed by atoms with E-state index in [-0.39, 0.29) is 40.9 Å². The van der Waals surface area contributed by atoms with Crippen molar-refractivity contribution in [1.29, 1.82) is 5.26 Å². The fourth-order valence-corrected chi connectivity index (χ4v) is 3.82. The zero-order valence-corrected chi connectivity index (χ0v) is 16.1. The van der Waals surface area contributed by atoms with Gasteiger partial charge in [-0.15, -0.1) is 11.3 Å². The number of hydrogen-bond donors (Lipinski definition) is 1. The van der Waals surface area contributed by atoms with Crippen LogP contribution in [0.25, 0.3) is 11.1 Å². The molecule has 3 aromatic rings. The van der Waals surface area contributed by atoms with Crippen molar-refractivity contribution in [2.45, 2.75) is 26.8 Å². The van der Waals surface area contributed by atoms with E-state index in [0.29, 0.717) is 16.7 Å². The molecular formula is C19H17N3O5S. The van der Waals surface area contributed by atoms with Crippen molar-refractivity contribution in [1.82, 2.24) is 4.57 Å². The van der Waals surface area contributed by atoms with E-state index in [0.717, 1.165) is 11.3 Å². The van der Waals surface area contributed by atoms with E-state index in [9.17, 15) is 19.6 Å². The second-order valence-corrected chi connectivity index (χ2v) is 6.90. The zero-order chi connectivity index (χ0) is 20.3. The van der Waals surface area contributed by atoms with Gasteiger partial charge in [0.1, 0.15) is 15.9 Å². The molecule has 9 heteroatoms. The number of hydrogen-bond acceptors (Lipinski definition) is 7. The van der Waals surface area contributed by atoms with Gasteiger partial charge in [0.15, 0.2) is 5.58 Å². The van der Waals surface area contributed by atoms with Crippen LogP contribution >= 0.6 is 11.3 Å². The molecule has 0 saturated carbocycles. The van der Waals surface area contributed by atoms with Crippen LogP contribution in [0.4, 0.5) is 5.00 Å². The minimum Gasteiger partial charge on any atom is -0.462 e. The Morgan fingerprint density at radius 2 is 2.11 bits per heavy atom. The highest BCUT2D eigenvalue weighted by Gasteiger charge is 2.22. The molecule has 0 aliphatic rings. The van der Waals surface area contributed by atoms with Crippen molar-refractivity contribution in [3.63, 3.8) is 0 Å². The molecule has 0 radical (unpaired) electrons. The maximum atomic E-state index is 12.4. The molecule has 8 nitrogen and oxygen atoms in total. The fraction of sp³-hybridized carbons (Fsp3) is 0.263. The van der Waals surface area contributed by atoms with Gasteiger partial charge in [0, 0.05) is 13.0 Å². The number of ether oxygens (including phenoxy) is 1. The lowest BCUT2D eigenvalue weighted by molar-refractivity contribution is -0.116. The normalized spacial score (nSPS) is 10.6. The molecule has 1 aromatic carbocycles. The number of para-hydroxylation sites is 2. The molecule has 2 heterocycles. The van der Waals surface area contributed by atoms with Gasteiger partial charge in [0.25, 0.3) is 0 Å². The number of thiophene rings is 1. The van der Waals surface area contributed by atoms with Gasteiger partial charge in [0.2, 0.25) is 5.91 Å². The molecule has 0 aliphatic heterocycles. The minimum atomic E-state index is -0.539. The minimum absolute atomic E-state index is 0.00000968. The summed E-state index contributed by atoms with van der Waals surface area (Å²) in [6.45, 7) is 3.66. The van der Waals surface area contributed by atoms with Gasteiger partial charge < -0.3 is 14.5 Å². The summed E-state index contributed by atoms with van der Waals surface area (Å²) in [6, 6.07) is 8.95.